The molecule has 0 spiro atoms. The van der Waals surface area contributed by atoms with Crippen LogP contribution in [0.25, 0.3) is 44.4 Å². The van der Waals surface area contributed by atoms with Gasteiger partial charge in [0.15, 0.2) is 0 Å². The van der Waals surface area contributed by atoms with Crippen molar-refractivity contribution in [3.63, 3.8) is 0 Å². The number of fused-ring (bicyclic) bond motifs is 2. The standard InChI is InChI=1S/C42H42Cl2N6O6/c1-25-19-47-23-29(17-35(47)39(51)49(25)15-13-45-11-9-27(21-45)41(53)54)31-5-3-7-33(37(31)43)34-8-4-6-32(38(34)44)30-18-36-40(52)50(26(2)20-48(36)24-30)16-14-46-12-10-28(22-46)42(55)56/h3-8,17-20,23-24,27-28H,9-16,21-22H2,1-2H3,(H,53,54)(H,55,56)/t27-,28-/m0/s1. The third-order valence-corrected chi connectivity index (χ3v) is 12.4. The second-order valence-electron chi connectivity index (χ2n) is 15.1. The highest BCUT2D eigenvalue weighted by Crippen LogP contribution is 2.43. The van der Waals surface area contributed by atoms with E-state index in [1.54, 1.807) is 9.13 Å². The van der Waals surface area contributed by atoms with Gasteiger partial charge in [0.2, 0.25) is 0 Å². The van der Waals surface area contributed by atoms with E-state index in [9.17, 15) is 29.4 Å². The van der Waals surface area contributed by atoms with Crippen LogP contribution in [-0.2, 0) is 22.7 Å². The van der Waals surface area contributed by atoms with Crippen LogP contribution in [0.5, 0.6) is 0 Å². The van der Waals surface area contributed by atoms with Crippen LogP contribution in [-0.4, -0.2) is 89.2 Å². The highest BCUT2D eigenvalue weighted by atomic mass is 35.5. The first-order valence-electron chi connectivity index (χ1n) is 18.8. The molecule has 0 unspecified atom stereocenters. The summed E-state index contributed by atoms with van der Waals surface area (Å²) in [7, 11) is 0. The highest BCUT2D eigenvalue weighted by Gasteiger charge is 2.29. The van der Waals surface area contributed by atoms with Crippen molar-refractivity contribution >= 4 is 46.2 Å². The molecule has 6 heterocycles. The Labute approximate surface area is 332 Å². The van der Waals surface area contributed by atoms with Crippen molar-refractivity contribution in [3.8, 4) is 33.4 Å². The summed E-state index contributed by atoms with van der Waals surface area (Å²) in [5.41, 5.74) is 6.84. The van der Waals surface area contributed by atoms with Gasteiger partial charge >= 0.3 is 11.9 Å². The second kappa shape index (κ2) is 15.1. The summed E-state index contributed by atoms with van der Waals surface area (Å²) in [5.74, 6) is -2.28. The van der Waals surface area contributed by atoms with Gasteiger partial charge in [-0.2, -0.15) is 0 Å². The van der Waals surface area contributed by atoms with E-state index in [0.717, 1.165) is 44.8 Å². The summed E-state index contributed by atoms with van der Waals surface area (Å²) in [6, 6.07) is 15.2. The lowest BCUT2D eigenvalue weighted by Gasteiger charge is -2.17. The van der Waals surface area contributed by atoms with Crippen LogP contribution >= 0.6 is 23.2 Å². The number of benzene rings is 2. The summed E-state index contributed by atoms with van der Waals surface area (Å²) in [6.07, 6.45) is 8.87. The first-order valence-corrected chi connectivity index (χ1v) is 19.6. The van der Waals surface area contributed by atoms with Crippen LogP contribution in [0.15, 0.2) is 82.9 Å². The summed E-state index contributed by atoms with van der Waals surface area (Å²) in [6.45, 7) is 8.28. The Morgan fingerprint density at radius 1 is 0.625 bits per heavy atom. The zero-order chi connectivity index (χ0) is 39.4. The maximum Gasteiger partial charge on any atom is 0.307 e. The van der Waals surface area contributed by atoms with Crippen molar-refractivity contribution in [2.24, 2.45) is 11.8 Å². The summed E-state index contributed by atoms with van der Waals surface area (Å²) in [4.78, 5) is 54.5. The third kappa shape index (κ3) is 6.95. The maximum absolute atomic E-state index is 13.7. The number of aryl methyl sites for hydroxylation is 2. The van der Waals surface area contributed by atoms with Gasteiger partial charge in [0.25, 0.3) is 11.1 Å². The Kier molecular flexibility index (Phi) is 10.2. The lowest BCUT2D eigenvalue weighted by molar-refractivity contribution is -0.142. The van der Waals surface area contributed by atoms with Crippen molar-refractivity contribution in [3.05, 3.63) is 115 Å². The molecule has 8 rings (SSSR count). The number of aliphatic carboxylic acids is 2. The minimum Gasteiger partial charge on any atom is -0.481 e. The van der Waals surface area contributed by atoms with Gasteiger partial charge in [0.1, 0.15) is 11.0 Å². The summed E-state index contributed by atoms with van der Waals surface area (Å²) < 4.78 is 7.13. The van der Waals surface area contributed by atoms with Gasteiger partial charge < -0.3 is 37.9 Å². The van der Waals surface area contributed by atoms with E-state index in [4.69, 9.17) is 23.2 Å². The predicted octanol–water partition coefficient (Wildman–Crippen LogP) is 6.25. The van der Waals surface area contributed by atoms with E-state index >= 15 is 0 Å². The van der Waals surface area contributed by atoms with Gasteiger partial charge in [0, 0.05) is 109 Å². The number of rotatable bonds is 11. The SMILES string of the molecule is Cc1cn2cc(-c3cccc(-c4cccc(-c5cc6c(=O)n(CCN7CC[C@H](C(=O)O)C7)c(C)cn6c5)c4Cl)c3Cl)cc2c(=O)n1CCN1CC[C@H](C(=O)O)C1. The van der Waals surface area contributed by atoms with Gasteiger partial charge in [-0.1, -0.05) is 59.6 Å². The van der Waals surface area contributed by atoms with Crippen LogP contribution in [0.4, 0.5) is 0 Å². The number of carboxylic acids is 2. The topological polar surface area (TPSA) is 134 Å². The molecular formula is C42H42Cl2N6O6. The average molecular weight is 798 g/mol. The quantitative estimate of drug-likeness (QED) is 0.157. The number of hydrogen-bond donors (Lipinski definition) is 2. The molecule has 12 nitrogen and oxygen atoms in total. The largest absolute Gasteiger partial charge is 0.481 e. The molecular weight excluding hydrogens is 755 g/mol. The van der Waals surface area contributed by atoms with Crippen molar-refractivity contribution in [2.75, 3.05) is 39.3 Å². The smallest absolute Gasteiger partial charge is 0.307 e. The fourth-order valence-corrected chi connectivity index (χ4v) is 9.06. The fourth-order valence-electron chi connectivity index (χ4n) is 8.39. The first kappa shape index (κ1) is 37.8. The fraction of sp³-hybridized carbons (Fsp3) is 0.333. The molecule has 290 valence electrons. The first-order chi connectivity index (χ1) is 26.9. The molecule has 2 fully saturated rings. The summed E-state index contributed by atoms with van der Waals surface area (Å²) in [5, 5.41) is 19.7. The molecule has 0 radical (unpaired) electrons. The normalized spacial score (nSPS) is 17.8. The number of halogens is 2. The molecule has 6 aromatic rings. The molecule has 56 heavy (non-hydrogen) atoms. The van der Waals surface area contributed by atoms with E-state index < -0.39 is 11.9 Å². The van der Waals surface area contributed by atoms with Crippen molar-refractivity contribution in [2.45, 2.75) is 39.8 Å². The minimum atomic E-state index is -0.775. The zero-order valence-electron chi connectivity index (χ0n) is 31.1. The number of aromatic nitrogens is 4. The van der Waals surface area contributed by atoms with E-state index in [1.165, 1.54) is 0 Å². The number of hydrogen-bond acceptors (Lipinski definition) is 6. The van der Waals surface area contributed by atoms with Crippen LogP contribution < -0.4 is 11.1 Å². The Morgan fingerprint density at radius 2 is 1.02 bits per heavy atom. The Morgan fingerprint density at radius 3 is 1.39 bits per heavy atom. The van der Waals surface area contributed by atoms with Crippen LogP contribution in [0, 0.1) is 25.7 Å². The molecule has 0 amide bonds. The number of carbonyl (C=O) groups is 2. The van der Waals surface area contributed by atoms with Gasteiger partial charge in [-0.05, 0) is 51.9 Å². The number of carboxylic acid groups (broad SMARTS) is 2. The highest BCUT2D eigenvalue weighted by molar-refractivity contribution is 6.39. The molecule has 14 heteroatoms. The molecule has 4 aromatic heterocycles. The van der Waals surface area contributed by atoms with Gasteiger partial charge in [-0.15, -0.1) is 0 Å². The lowest BCUT2D eigenvalue weighted by Crippen LogP contribution is -2.32. The van der Waals surface area contributed by atoms with Crippen molar-refractivity contribution < 1.29 is 19.8 Å². The molecule has 2 atom stereocenters. The lowest BCUT2D eigenvalue weighted by atomic mass is 9.97. The van der Waals surface area contributed by atoms with E-state index in [2.05, 4.69) is 9.80 Å². The van der Waals surface area contributed by atoms with Crippen LogP contribution in [0.3, 0.4) is 0 Å². The monoisotopic (exact) mass is 796 g/mol. The van der Waals surface area contributed by atoms with Gasteiger partial charge in [0.05, 0.1) is 21.9 Å². The Bertz CT molecular complexity index is 2480. The van der Waals surface area contributed by atoms with Gasteiger partial charge in [-0.3, -0.25) is 19.2 Å². The molecule has 2 aliphatic heterocycles. The molecule has 0 aliphatic carbocycles. The Hall–Kier alpha value is -5.14. The van der Waals surface area contributed by atoms with Crippen molar-refractivity contribution in [1.29, 1.82) is 0 Å². The number of nitrogens with zero attached hydrogens (tertiary/aromatic N) is 6. The average Bonchev–Trinajstić information content (AvgIpc) is 3.99. The third-order valence-electron chi connectivity index (χ3n) is 11.6. The van der Waals surface area contributed by atoms with Gasteiger partial charge in [-0.25, -0.2) is 0 Å². The molecule has 0 bridgehead atoms. The Balaban J connectivity index is 1.06. The van der Waals surface area contributed by atoms with Crippen LogP contribution in [0.1, 0.15) is 24.2 Å². The molecule has 2 N–H and O–H groups in total. The molecule has 2 saturated heterocycles. The molecule has 2 aromatic carbocycles. The molecule has 0 saturated carbocycles. The number of likely N-dealkylation sites (tertiary alicyclic amines) is 2. The second-order valence-corrected chi connectivity index (χ2v) is 15.8. The predicted molar refractivity (Wildman–Crippen MR) is 217 cm³/mol. The molecule has 2 aliphatic rings. The van der Waals surface area contributed by atoms with Crippen LogP contribution in [0.2, 0.25) is 10.0 Å². The maximum atomic E-state index is 13.7. The van der Waals surface area contributed by atoms with E-state index in [1.807, 2.05) is 96.0 Å². The zero-order valence-corrected chi connectivity index (χ0v) is 32.6. The van der Waals surface area contributed by atoms with Crippen molar-refractivity contribution in [1.82, 2.24) is 27.7 Å². The van der Waals surface area contributed by atoms with E-state index in [0.29, 0.717) is 86.3 Å². The van der Waals surface area contributed by atoms with E-state index in [-0.39, 0.29) is 23.0 Å². The minimum absolute atomic E-state index is 0.129. The summed E-state index contributed by atoms with van der Waals surface area (Å²) >= 11 is 14.4.